The monoisotopic (exact) mass is 332 g/mol. The molecule has 0 aliphatic carbocycles. The first-order valence-electron chi connectivity index (χ1n) is 5.99. The van der Waals surface area contributed by atoms with Crippen LogP contribution in [0.2, 0.25) is 0 Å². The first-order chi connectivity index (χ1) is 9.50. The molecule has 1 aliphatic rings. The van der Waals surface area contributed by atoms with Gasteiger partial charge in [0, 0.05) is 6.04 Å². The number of hydrogen-bond donors (Lipinski definition) is 2. The van der Waals surface area contributed by atoms with E-state index >= 15 is 0 Å². The number of halogens is 3. The highest BCUT2D eigenvalue weighted by Crippen LogP contribution is 2.18. The van der Waals surface area contributed by atoms with E-state index in [1.165, 1.54) is 0 Å². The minimum absolute atomic E-state index is 0.0840. The fraction of sp³-hybridized carbons (Fsp3) is 0.800. The predicted molar refractivity (Wildman–Crippen MR) is 65.3 cm³/mol. The number of carboxylic acid groups (broad SMARTS) is 1. The number of nitrogens with one attached hydrogen (secondary N) is 1. The number of carbonyl (C=O) groups is 2. The van der Waals surface area contributed by atoms with Crippen molar-refractivity contribution in [3.05, 3.63) is 0 Å². The lowest BCUT2D eigenvalue weighted by molar-refractivity contribution is -0.146. The zero-order valence-corrected chi connectivity index (χ0v) is 11.7. The van der Waals surface area contributed by atoms with Gasteiger partial charge >= 0.3 is 12.1 Å². The second-order valence-corrected chi connectivity index (χ2v) is 6.92. The normalized spacial score (nSPS) is 21.2. The van der Waals surface area contributed by atoms with Gasteiger partial charge in [0.1, 0.15) is 6.54 Å². The molecule has 21 heavy (non-hydrogen) atoms. The van der Waals surface area contributed by atoms with Gasteiger partial charge in [-0.3, -0.25) is 9.59 Å². The lowest BCUT2D eigenvalue weighted by Gasteiger charge is -2.26. The maximum absolute atomic E-state index is 12.0. The first kappa shape index (κ1) is 17.7. The third-order valence-electron chi connectivity index (χ3n) is 2.88. The Bertz CT molecular complexity index is 505. The molecule has 0 aromatic rings. The Morgan fingerprint density at radius 3 is 2.38 bits per heavy atom. The third-order valence-corrected chi connectivity index (χ3v) is 4.63. The number of hydrogen-bond acceptors (Lipinski definition) is 5. The number of aliphatic carboxylic acids is 1. The fourth-order valence-corrected chi connectivity index (χ4v) is 3.73. The van der Waals surface area contributed by atoms with Crippen molar-refractivity contribution < 1.29 is 36.3 Å². The van der Waals surface area contributed by atoms with E-state index in [9.17, 15) is 31.2 Å². The van der Waals surface area contributed by atoms with Gasteiger partial charge in [0.05, 0.1) is 24.6 Å². The summed E-state index contributed by atoms with van der Waals surface area (Å²) >= 11 is 0. The van der Waals surface area contributed by atoms with Crippen LogP contribution >= 0.6 is 0 Å². The van der Waals surface area contributed by atoms with Gasteiger partial charge in [0.2, 0.25) is 5.91 Å². The minimum atomic E-state index is -4.49. The summed E-state index contributed by atoms with van der Waals surface area (Å²) in [5.41, 5.74) is 0. The molecule has 0 aromatic heterocycles. The number of carboxylic acids is 1. The summed E-state index contributed by atoms with van der Waals surface area (Å²) in [7, 11) is -3.34. The van der Waals surface area contributed by atoms with Gasteiger partial charge in [0.15, 0.2) is 9.84 Å². The maximum Gasteiger partial charge on any atom is 0.401 e. The van der Waals surface area contributed by atoms with Gasteiger partial charge in [-0.25, -0.2) is 8.42 Å². The summed E-state index contributed by atoms with van der Waals surface area (Å²) in [4.78, 5) is 23.3. The molecule has 2 N–H and O–H groups in total. The zero-order valence-electron chi connectivity index (χ0n) is 10.9. The van der Waals surface area contributed by atoms with Crippen LogP contribution in [0.1, 0.15) is 6.42 Å². The lowest BCUT2D eigenvalue weighted by Crippen LogP contribution is -2.48. The van der Waals surface area contributed by atoms with Crippen LogP contribution in [-0.4, -0.2) is 73.7 Å². The summed E-state index contributed by atoms with van der Waals surface area (Å²) in [6.07, 6.45) is -4.41. The second-order valence-electron chi connectivity index (χ2n) is 4.69. The van der Waals surface area contributed by atoms with E-state index in [0.717, 1.165) is 4.90 Å². The van der Waals surface area contributed by atoms with Crippen molar-refractivity contribution in [2.24, 2.45) is 0 Å². The smallest absolute Gasteiger partial charge is 0.401 e. The number of amides is 1. The van der Waals surface area contributed by atoms with E-state index in [2.05, 4.69) is 0 Å². The molecule has 0 aromatic carbocycles. The molecule has 1 fully saturated rings. The summed E-state index contributed by atoms with van der Waals surface area (Å²) in [5.74, 6) is -2.77. The number of alkyl halides is 3. The Kier molecular flexibility index (Phi) is 5.56. The molecule has 1 rings (SSSR count). The van der Waals surface area contributed by atoms with Crippen LogP contribution in [0.4, 0.5) is 13.2 Å². The molecule has 1 amide bonds. The van der Waals surface area contributed by atoms with Crippen LogP contribution in [-0.2, 0) is 19.4 Å². The molecule has 122 valence electrons. The maximum atomic E-state index is 12.0. The molecule has 1 unspecified atom stereocenters. The molecule has 1 aliphatic heterocycles. The van der Waals surface area contributed by atoms with E-state index < -0.39 is 53.6 Å². The molecule has 0 saturated carbocycles. The Morgan fingerprint density at radius 2 is 1.95 bits per heavy atom. The summed E-state index contributed by atoms with van der Waals surface area (Å²) in [5, 5.41) is 10.6. The van der Waals surface area contributed by atoms with Crippen LogP contribution in [0.15, 0.2) is 0 Å². The first-order valence-corrected chi connectivity index (χ1v) is 7.81. The fourth-order valence-electron chi connectivity index (χ4n) is 2.00. The van der Waals surface area contributed by atoms with Crippen molar-refractivity contribution in [3.8, 4) is 0 Å². The van der Waals surface area contributed by atoms with Gasteiger partial charge in [-0.15, -0.1) is 0 Å². The van der Waals surface area contributed by atoms with Gasteiger partial charge in [-0.1, -0.05) is 0 Å². The van der Waals surface area contributed by atoms with E-state index in [4.69, 9.17) is 5.11 Å². The van der Waals surface area contributed by atoms with Gasteiger partial charge in [-0.05, 0) is 6.42 Å². The van der Waals surface area contributed by atoms with Crippen molar-refractivity contribution >= 4 is 21.7 Å². The van der Waals surface area contributed by atoms with Crippen molar-refractivity contribution in [1.82, 2.24) is 10.2 Å². The number of sulfone groups is 1. The summed E-state index contributed by atoms with van der Waals surface area (Å²) in [6.45, 7) is -2.83. The van der Waals surface area contributed by atoms with Crippen LogP contribution < -0.4 is 5.32 Å². The summed E-state index contributed by atoms with van der Waals surface area (Å²) < 4.78 is 58.6. The number of nitrogens with zero attached hydrogens (tertiary/aromatic N) is 1. The quantitative estimate of drug-likeness (QED) is 0.663. The van der Waals surface area contributed by atoms with Crippen molar-refractivity contribution in [2.75, 3.05) is 31.1 Å². The van der Waals surface area contributed by atoms with Crippen LogP contribution in [0, 0.1) is 0 Å². The molecule has 0 radical (unpaired) electrons. The average Bonchev–Trinajstić information content (AvgIpc) is 2.64. The van der Waals surface area contributed by atoms with Crippen molar-refractivity contribution in [3.63, 3.8) is 0 Å². The Morgan fingerprint density at radius 1 is 1.33 bits per heavy atom. The Labute approximate surface area is 119 Å². The average molecular weight is 332 g/mol. The van der Waals surface area contributed by atoms with Gasteiger partial charge in [0.25, 0.3) is 0 Å². The zero-order chi connectivity index (χ0) is 16.3. The van der Waals surface area contributed by atoms with E-state index in [1.807, 2.05) is 5.32 Å². The Hall–Kier alpha value is -1.36. The van der Waals surface area contributed by atoms with E-state index in [0.29, 0.717) is 0 Å². The highest BCUT2D eigenvalue weighted by molar-refractivity contribution is 7.91. The molecular formula is C10H15F3N2O5S. The number of carbonyl (C=O) groups excluding carboxylic acids is 1. The Balaban J connectivity index is 2.65. The molecule has 11 heteroatoms. The molecule has 1 atom stereocenters. The van der Waals surface area contributed by atoms with E-state index in [-0.39, 0.29) is 17.9 Å². The lowest BCUT2D eigenvalue weighted by atomic mass is 10.2. The largest absolute Gasteiger partial charge is 0.480 e. The highest BCUT2D eigenvalue weighted by atomic mass is 32.2. The van der Waals surface area contributed by atoms with Crippen LogP contribution in [0.5, 0.6) is 0 Å². The number of rotatable bonds is 6. The van der Waals surface area contributed by atoms with Crippen LogP contribution in [0.3, 0.4) is 0 Å². The molecule has 1 saturated heterocycles. The standard InChI is InChI=1S/C10H15F3N2O5S/c11-10(12,13)6-14-3-8(16)15(4-9(17)18)7-1-2-21(19,20)5-7/h7,14H,1-6H2,(H,17,18). The van der Waals surface area contributed by atoms with Gasteiger partial charge in [-0.2, -0.15) is 13.2 Å². The SMILES string of the molecule is O=C(O)CN(C(=O)CNCC(F)(F)F)C1CCS(=O)(=O)C1. The van der Waals surface area contributed by atoms with Crippen LogP contribution in [0.25, 0.3) is 0 Å². The molecular weight excluding hydrogens is 317 g/mol. The van der Waals surface area contributed by atoms with E-state index in [1.54, 1.807) is 0 Å². The second kappa shape index (κ2) is 6.60. The summed E-state index contributed by atoms with van der Waals surface area (Å²) in [6, 6.07) is -0.814. The molecule has 7 nitrogen and oxygen atoms in total. The van der Waals surface area contributed by atoms with Gasteiger partial charge < -0.3 is 15.3 Å². The third kappa shape index (κ3) is 6.29. The highest BCUT2D eigenvalue weighted by Gasteiger charge is 2.35. The topological polar surface area (TPSA) is 104 Å². The minimum Gasteiger partial charge on any atom is -0.480 e. The van der Waals surface area contributed by atoms with Crippen molar-refractivity contribution in [2.45, 2.75) is 18.6 Å². The molecule has 0 bridgehead atoms. The molecule has 0 spiro atoms. The molecule has 1 heterocycles. The predicted octanol–water partition coefficient (Wildman–Crippen LogP) is -0.761. The van der Waals surface area contributed by atoms with Crippen molar-refractivity contribution in [1.29, 1.82) is 0 Å².